The molecule has 0 saturated heterocycles. The van der Waals surface area contributed by atoms with E-state index in [2.05, 4.69) is 4.90 Å². The van der Waals surface area contributed by atoms with Crippen molar-refractivity contribution in [1.29, 1.82) is 0 Å². The zero-order valence-electron chi connectivity index (χ0n) is 18.2. The van der Waals surface area contributed by atoms with Crippen molar-refractivity contribution in [1.82, 2.24) is 4.90 Å². The summed E-state index contributed by atoms with van der Waals surface area (Å²) in [5.74, 6) is -1.06. The van der Waals surface area contributed by atoms with Gasteiger partial charge in [-0.1, -0.05) is 43.6 Å². The summed E-state index contributed by atoms with van der Waals surface area (Å²) in [6, 6.07) is 11.9. The number of fused-ring (bicyclic) bond motifs is 2. The summed E-state index contributed by atoms with van der Waals surface area (Å²) in [7, 11) is 1.28. The Morgan fingerprint density at radius 1 is 1.22 bits per heavy atom. The van der Waals surface area contributed by atoms with Gasteiger partial charge in [-0.05, 0) is 37.4 Å². The standard InChI is InChI=1S/C24H25ClN2O5/c1-4-26(5-2)10-11-27-18-13-16(22(28)31-3)12-17(25)21(18)24(30,23(27)29)20-14-15-8-6-7-9-19(15)32-20/h6-9,12-14,30H,4-5,10-11H2,1-3H3. The van der Waals surface area contributed by atoms with Crippen molar-refractivity contribution >= 4 is 40.1 Å². The van der Waals surface area contributed by atoms with E-state index in [1.54, 1.807) is 12.1 Å². The Bertz CT molecular complexity index is 1150. The third kappa shape index (κ3) is 3.46. The lowest BCUT2D eigenvalue weighted by Gasteiger charge is -2.25. The molecule has 1 N–H and O–H groups in total. The maximum absolute atomic E-state index is 13.7. The molecule has 2 aromatic carbocycles. The maximum Gasteiger partial charge on any atom is 0.337 e. The highest BCUT2D eigenvalue weighted by atomic mass is 35.5. The lowest BCUT2D eigenvalue weighted by atomic mass is 9.91. The summed E-state index contributed by atoms with van der Waals surface area (Å²) in [4.78, 5) is 29.5. The van der Waals surface area contributed by atoms with E-state index < -0.39 is 17.5 Å². The maximum atomic E-state index is 13.7. The largest absolute Gasteiger partial charge is 0.465 e. The monoisotopic (exact) mass is 456 g/mol. The molecule has 1 aliphatic rings. The lowest BCUT2D eigenvalue weighted by molar-refractivity contribution is -0.133. The van der Waals surface area contributed by atoms with Crippen LogP contribution in [0.2, 0.25) is 5.02 Å². The molecule has 1 aliphatic heterocycles. The van der Waals surface area contributed by atoms with Crippen molar-refractivity contribution in [2.75, 3.05) is 38.2 Å². The minimum atomic E-state index is -2.11. The number of amides is 1. The fraction of sp³-hybridized carbons (Fsp3) is 0.333. The molecule has 7 nitrogen and oxygen atoms in total. The summed E-state index contributed by atoms with van der Waals surface area (Å²) in [5.41, 5.74) is -0.781. The van der Waals surface area contributed by atoms with E-state index in [-0.39, 0.29) is 21.9 Å². The van der Waals surface area contributed by atoms with Gasteiger partial charge in [0.15, 0.2) is 5.76 Å². The molecule has 1 atom stereocenters. The van der Waals surface area contributed by atoms with Gasteiger partial charge in [-0.2, -0.15) is 0 Å². The number of halogens is 1. The van der Waals surface area contributed by atoms with Crippen LogP contribution in [0.4, 0.5) is 5.69 Å². The molecular weight excluding hydrogens is 432 g/mol. The molecule has 168 valence electrons. The Hall–Kier alpha value is -2.87. The molecule has 1 amide bonds. The first-order chi connectivity index (χ1) is 15.3. The number of hydrogen-bond acceptors (Lipinski definition) is 6. The number of furan rings is 1. The van der Waals surface area contributed by atoms with E-state index in [4.69, 9.17) is 20.8 Å². The number of carbonyl (C=O) groups is 2. The summed E-state index contributed by atoms with van der Waals surface area (Å²) in [6.07, 6.45) is 0. The van der Waals surface area contributed by atoms with Crippen LogP contribution in [0.15, 0.2) is 46.9 Å². The quantitative estimate of drug-likeness (QED) is 0.544. The number of para-hydroxylation sites is 1. The minimum absolute atomic E-state index is 0.0861. The lowest BCUT2D eigenvalue weighted by Crippen LogP contribution is -2.44. The average Bonchev–Trinajstić information content (AvgIpc) is 3.33. The van der Waals surface area contributed by atoms with Gasteiger partial charge in [0.05, 0.1) is 23.4 Å². The highest BCUT2D eigenvalue weighted by Gasteiger charge is 2.55. The predicted molar refractivity (Wildman–Crippen MR) is 122 cm³/mol. The number of hydrogen-bond donors (Lipinski definition) is 1. The number of methoxy groups -OCH3 is 1. The molecule has 0 saturated carbocycles. The van der Waals surface area contributed by atoms with Gasteiger partial charge in [-0.15, -0.1) is 0 Å². The second kappa shape index (κ2) is 8.58. The van der Waals surface area contributed by atoms with Crippen LogP contribution >= 0.6 is 11.6 Å². The Labute approximate surface area is 191 Å². The van der Waals surface area contributed by atoms with Crippen LogP contribution < -0.4 is 4.90 Å². The Balaban J connectivity index is 1.87. The van der Waals surface area contributed by atoms with Crippen LogP contribution in [-0.4, -0.2) is 55.2 Å². The normalized spacial score (nSPS) is 17.9. The highest BCUT2D eigenvalue weighted by Crippen LogP contribution is 2.49. The Kier molecular flexibility index (Phi) is 5.99. The zero-order chi connectivity index (χ0) is 23.0. The number of likely N-dealkylation sites (N-methyl/N-ethyl adjacent to an activating group) is 1. The Morgan fingerprint density at radius 3 is 2.59 bits per heavy atom. The molecule has 0 radical (unpaired) electrons. The van der Waals surface area contributed by atoms with Crippen molar-refractivity contribution in [3.63, 3.8) is 0 Å². The first kappa shape index (κ1) is 22.3. The van der Waals surface area contributed by atoms with Gasteiger partial charge < -0.3 is 24.1 Å². The predicted octanol–water partition coefficient (Wildman–Crippen LogP) is 3.80. The van der Waals surface area contributed by atoms with Crippen molar-refractivity contribution in [2.45, 2.75) is 19.4 Å². The van der Waals surface area contributed by atoms with Crippen LogP contribution in [0.25, 0.3) is 11.0 Å². The van der Waals surface area contributed by atoms with Crippen molar-refractivity contribution in [3.8, 4) is 0 Å². The molecule has 1 aromatic heterocycles. The van der Waals surface area contributed by atoms with E-state index in [0.717, 1.165) is 18.5 Å². The van der Waals surface area contributed by atoms with Gasteiger partial charge in [-0.3, -0.25) is 4.79 Å². The molecule has 0 spiro atoms. The first-order valence-corrected chi connectivity index (χ1v) is 10.9. The number of ether oxygens (including phenoxy) is 1. The third-order valence-electron chi connectivity index (χ3n) is 6.01. The van der Waals surface area contributed by atoms with E-state index in [0.29, 0.717) is 24.4 Å². The number of rotatable bonds is 7. The van der Waals surface area contributed by atoms with E-state index in [1.807, 2.05) is 32.0 Å². The fourth-order valence-corrected chi connectivity index (χ4v) is 4.55. The summed E-state index contributed by atoms with van der Waals surface area (Å²) < 4.78 is 10.7. The summed E-state index contributed by atoms with van der Waals surface area (Å²) in [6.45, 7) is 6.64. The van der Waals surface area contributed by atoms with Crippen molar-refractivity contribution in [3.05, 3.63) is 64.4 Å². The molecule has 0 aliphatic carbocycles. The topological polar surface area (TPSA) is 83.2 Å². The number of aliphatic hydroxyl groups is 1. The summed E-state index contributed by atoms with van der Waals surface area (Å²) in [5, 5.41) is 12.6. The van der Waals surface area contributed by atoms with Crippen LogP contribution in [0.5, 0.6) is 0 Å². The average molecular weight is 457 g/mol. The molecule has 3 aromatic rings. The van der Waals surface area contributed by atoms with Crippen molar-refractivity contribution in [2.24, 2.45) is 0 Å². The molecule has 32 heavy (non-hydrogen) atoms. The van der Waals surface area contributed by atoms with Crippen LogP contribution in [0, 0.1) is 0 Å². The fourth-order valence-electron chi connectivity index (χ4n) is 4.20. The summed E-state index contributed by atoms with van der Waals surface area (Å²) >= 11 is 6.56. The van der Waals surface area contributed by atoms with Gasteiger partial charge >= 0.3 is 5.97 Å². The minimum Gasteiger partial charge on any atom is -0.465 e. The van der Waals surface area contributed by atoms with Gasteiger partial charge in [0.25, 0.3) is 5.91 Å². The second-order valence-corrected chi connectivity index (χ2v) is 8.09. The molecule has 0 bridgehead atoms. The number of anilines is 1. The zero-order valence-corrected chi connectivity index (χ0v) is 19.0. The van der Waals surface area contributed by atoms with E-state index in [1.165, 1.54) is 24.1 Å². The van der Waals surface area contributed by atoms with Crippen LogP contribution in [-0.2, 0) is 15.1 Å². The molecule has 1 unspecified atom stereocenters. The SMILES string of the molecule is CCN(CC)CCN1C(=O)C(O)(c2cc3ccccc3o2)c2c(Cl)cc(C(=O)OC)cc21. The Morgan fingerprint density at radius 2 is 1.94 bits per heavy atom. The number of esters is 1. The first-order valence-electron chi connectivity index (χ1n) is 10.5. The molecule has 4 rings (SSSR count). The van der Waals surface area contributed by atoms with Crippen LogP contribution in [0.3, 0.4) is 0 Å². The third-order valence-corrected chi connectivity index (χ3v) is 6.31. The number of carbonyl (C=O) groups excluding carboxylic acids is 2. The van der Waals surface area contributed by atoms with Gasteiger partial charge in [0, 0.05) is 24.0 Å². The number of benzene rings is 2. The molecular formula is C24H25ClN2O5. The molecule has 2 heterocycles. The van der Waals surface area contributed by atoms with E-state index in [9.17, 15) is 14.7 Å². The smallest absolute Gasteiger partial charge is 0.337 e. The molecule has 0 fully saturated rings. The van der Waals surface area contributed by atoms with E-state index >= 15 is 0 Å². The van der Waals surface area contributed by atoms with Gasteiger partial charge in [0.2, 0.25) is 5.60 Å². The molecule has 8 heteroatoms. The van der Waals surface area contributed by atoms with Crippen LogP contribution in [0.1, 0.15) is 35.5 Å². The van der Waals surface area contributed by atoms with Crippen molar-refractivity contribution < 1.29 is 23.8 Å². The second-order valence-electron chi connectivity index (χ2n) is 7.69. The van der Waals surface area contributed by atoms with Gasteiger partial charge in [0.1, 0.15) is 5.58 Å². The number of nitrogens with zero attached hydrogens (tertiary/aromatic N) is 2. The van der Waals surface area contributed by atoms with Gasteiger partial charge in [-0.25, -0.2) is 4.79 Å². The highest BCUT2D eigenvalue weighted by molar-refractivity contribution is 6.33.